The van der Waals surface area contributed by atoms with Gasteiger partial charge in [-0.15, -0.1) is 0 Å². The van der Waals surface area contributed by atoms with Crippen LogP contribution in [0.4, 0.5) is 5.69 Å². The van der Waals surface area contributed by atoms with E-state index >= 15 is 0 Å². The van der Waals surface area contributed by atoms with Gasteiger partial charge < -0.3 is 23.4 Å². The molecule has 4 aromatic rings. The second kappa shape index (κ2) is 13.2. The number of carbonyl (C=O) groups is 2. The first kappa shape index (κ1) is 33.1. The molecular weight excluding hydrogens is 610 g/mol. The summed E-state index contributed by atoms with van der Waals surface area (Å²) in [5, 5.41) is 0.726. The molecule has 0 unspecified atom stereocenters. The summed E-state index contributed by atoms with van der Waals surface area (Å²) in [5.41, 5.74) is 3.86. The molecular formula is C34H39N3O8S. The van der Waals surface area contributed by atoms with Crippen molar-refractivity contribution in [3.8, 4) is 11.5 Å². The smallest absolute Gasteiger partial charge is 0.349 e. The fourth-order valence-corrected chi connectivity index (χ4v) is 6.59. The molecule has 0 saturated heterocycles. The van der Waals surface area contributed by atoms with Crippen LogP contribution in [-0.2, 0) is 19.7 Å². The van der Waals surface area contributed by atoms with Crippen molar-refractivity contribution in [2.45, 2.75) is 65.3 Å². The maximum Gasteiger partial charge on any atom is 0.349 e. The molecule has 11 nitrogen and oxygen atoms in total. The lowest BCUT2D eigenvalue weighted by atomic mass is 9.87. The Morgan fingerprint density at radius 1 is 0.978 bits per heavy atom. The maximum atomic E-state index is 13.2. The minimum absolute atomic E-state index is 0.0189. The summed E-state index contributed by atoms with van der Waals surface area (Å²) in [6.45, 7) is 8.73. The van der Waals surface area contributed by atoms with Crippen molar-refractivity contribution in [2.24, 2.45) is 0 Å². The fraction of sp³-hybridized carbons (Fsp3) is 0.412. The topological polar surface area (TPSA) is 151 Å². The highest BCUT2D eigenvalue weighted by molar-refractivity contribution is 7.85. The zero-order valence-electron chi connectivity index (χ0n) is 26.5. The number of carbonyl (C=O) groups excluding carboxylic acids is 2. The van der Waals surface area contributed by atoms with Gasteiger partial charge in [-0.3, -0.25) is 9.35 Å². The highest BCUT2D eigenvalue weighted by atomic mass is 32.2. The van der Waals surface area contributed by atoms with E-state index in [9.17, 15) is 22.8 Å². The van der Waals surface area contributed by atoms with E-state index in [1.54, 1.807) is 17.0 Å². The van der Waals surface area contributed by atoms with Crippen LogP contribution in [0.1, 0.15) is 65.4 Å². The van der Waals surface area contributed by atoms with Crippen LogP contribution >= 0.6 is 0 Å². The van der Waals surface area contributed by atoms with E-state index in [0.29, 0.717) is 49.0 Å². The third kappa shape index (κ3) is 7.56. The zero-order valence-corrected chi connectivity index (χ0v) is 27.4. The quantitative estimate of drug-likeness (QED) is 0.138. The van der Waals surface area contributed by atoms with Gasteiger partial charge in [0.2, 0.25) is 11.8 Å². The van der Waals surface area contributed by atoms with Crippen LogP contribution in [0.5, 0.6) is 0 Å². The van der Waals surface area contributed by atoms with Crippen LogP contribution in [0.15, 0.2) is 62.2 Å². The van der Waals surface area contributed by atoms with E-state index in [0.717, 1.165) is 22.2 Å². The number of anilines is 1. The van der Waals surface area contributed by atoms with Crippen LogP contribution in [-0.4, -0.2) is 65.5 Å². The van der Waals surface area contributed by atoms with Gasteiger partial charge in [0.15, 0.2) is 5.58 Å². The summed E-state index contributed by atoms with van der Waals surface area (Å²) in [6, 6.07) is 12.9. The Kier molecular flexibility index (Phi) is 9.50. The van der Waals surface area contributed by atoms with Crippen molar-refractivity contribution in [1.82, 2.24) is 9.88 Å². The Bertz CT molecular complexity index is 1960. The second-order valence-electron chi connectivity index (χ2n) is 12.4. The number of benzene rings is 2. The van der Waals surface area contributed by atoms with Crippen molar-refractivity contribution >= 4 is 55.1 Å². The monoisotopic (exact) mass is 649 g/mol. The van der Waals surface area contributed by atoms with Gasteiger partial charge in [0, 0.05) is 55.2 Å². The number of aromatic nitrogens is 1. The number of ketones is 1. The SMILES string of the molecule is CC(=O)CCCN(CCCS(=O)(=O)O)C(=O)CCCN1c2cc3oc(=O)c(-c4nc5ccccc5o4)cc3cc2C(C)=CC1(C)C. The Morgan fingerprint density at radius 3 is 2.41 bits per heavy atom. The van der Waals surface area contributed by atoms with Crippen LogP contribution < -0.4 is 10.5 Å². The van der Waals surface area contributed by atoms with Gasteiger partial charge in [0.25, 0.3) is 10.1 Å². The molecule has 5 rings (SSSR count). The molecule has 0 bridgehead atoms. The highest BCUT2D eigenvalue weighted by Gasteiger charge is 2.32. The molecule has 3 heterocycles. The number of amides is 1. The number of Topliss-reactive ketones (excluding diaryl/α,β-unsaturated/α-hetero) is 1. The lowest BCUT2D eigenvalue weighted by Crippen LogP contribution is -2.46. The van der Waals surface area contributed by atoms with Crippen molar-refractivity contribution in [2.75, 3.05) is 30.3 Å². The molecule has 1 aliphatic rings. The molecule has 0 atom stereocenters. The molecule has 12 heteroatoms. The van der Waals surface area contributed by atoms with Gasteiger partial charge in [0.05, 0.1) is 11.3 Å². The predicted octanol–water partition coefficient (Wildman–Crippen LogP) is 5.86. The highest BCUT2D eigenvalue weighted by Crippen LogP contribution is 2.41. The maximum absolute atomic E-state index is 13.2. The molecule has 46 heavy (non-hydrogen) atoms. The van der Waals surface area contributed by atoms with Gasteiger partial charge in [-0.2, -0.15) is 8.42 Å². The average Bonchev–Trinajstić information content (AvgIpc) is 3.40. The summed E-state index contributed by atoms with van der Waals surface area (Å²) in [5.74, 6) is -0.362. The van der Waals surface area contributed by atoms with Gasteiger partial charge in [-0.1, -0.05) is 18.2 Å². The van der Waals surface area contributed by atoms with E-state index in [4.69, 9.17) is 13.4 Å². The lowest BCUT2D eigenvalue weighted by molar-refractivity contribution is -0.131. The average molecular weight is 650 g/mol. The molecule has 0 radical (unpaired) electrons. The Labute approximate surface area is 267 Å². The fourth-order valence-electron chi connectivity index (χ4n) is 6.10. The van der Waals surface area contributed by atoms with E-state index in [1.807, 2.05) is 37.3 Å². The van der Waals surface area contributed by atoms with Crippen molar-refractivity contribution in [3.05, 3.63) is 64.5 Å². The Balaban J connectivity index is 1.36. The summed E-state index contributed by atoms with van der Waals surface area (Å²) in [4.78, 5) is 46.0. The second-order valence-corrected chi connectivity index (χ2v) is 14.0. The van der Waals surface area contributed by atoms with E-state index in [2.05, 4.69) is 29.8 Å². The molecule has 244 valence electrons. The summed E-state index contributed by atoms with van der Waals surface area (Å²) >= 11 is 0. The first-order chi connectivity index (χ1) is 21.7. The van der Waals surface area contributed by atoms with Crippen LogP contribution in [0.3, 0.4) is 0 Å². The van der Waals surface area contributed by atoms with Crippen LogP contribution in [0.25, 0.3) is 39.1 Å². The number of hydrogen-bond donors (Lipinski definition) is 1. The predicted molar refractivity (Wildman–Crippen MR) is 177 cm³/mol. The van der Waals surface area contributed by atoms with Gasteiger partial charge in [0.1, 0.15) is 22.4 Å². The van der Waals surface area contributed by atoms with E-state index < -0.39 is 27.0 Å². The van der Waals surface area contributed by atoms with Gasteiger partial charge in [-0.05, 0) is 76.8 Å². The van der Waals surface area contributed by atoms with Gasteiger partial charge in [-0.25, -0.2) is 9.78 Å². The van der Waals surface area contributed by atoms with E-state index in [-0.39, 0.29) is 42.5 Å². The third-order valence-electron chi connectivity index (χ3n) is 8.27. The summed E-state index contributed by atoms with van der Waals surface area (Å²) < 4.78 is 43.1. The molecule has 1 amide bonds. The number of rotatable bonds is 13. The molecule has 2 aromatic heterocycles. The number of nitrogens with zero attached hydrogens (tertiary/aromatic N) is 3. The molecule has 1 N–H and O–H groups in total. The molecule has 0 saturated carbocycles. The first-order valence-electron chi connectivity index (χ1n) is 15.4. The van der Waals surface area contributed by atoms with Crippen molar-refractivity contribution in [3.63, 3.8) is 0 Å². The number of oxazole rings is 1. The lowest BCUT2D eigenvalue weighted by Gasteiger charge is -2.43. The van der Waals surface area contributed by atoms with Crippen LogP contribution in [0.2, 0.25) is 0 Å². The number of para-hydroxylation sites is 2. The molecule has 2 aromatic carbocycles. The standard InChI is InChI=1S/C34H39N3O8S/c1-22-21-34(3,4)37(16-8-13-31(39)36(14-7-10-23(2)38)15-9-17-46(41,42)43)28-20-30-24(18-25(22)28)19-26(33(40)45-30)32-35-27-11-5-6-12-29(27)44-32/h5-6,11-12,18-21H,7-10,13-17H2,1-4H3,(H,41,42,43). The van der Waals surface area contributed by atoms with E-state index in [1.165, 1.54) is 6.92 Å². The number of hydrogen-bond acceptors (Lipinski definition) is 9. The van der Waals surface area contributed by atoms with Crippen molar-refractivity contribution in [1.29, 1.82) is 0 Å². The zero-order chi connectivity index (χ0) is 33.2. The summed E-state index contributed by atoms with van der Waals surface area (Å²) in [6.07, 6.45) is 3.81. The summed E-state index contributed by atoms with van der Waals surface area (Å²) in [7, 11) is -4.14. The number of fused-ring (bicyclic) bond motifs is 3. The largest absolute Gasteiger partial charge is 0.436 e. The molecule has 0 fully saturated rings. The Morgan fingerprint density at radius 2 is 1.70 bits per heavy atom. The Hall–Kier alpha value is -4.29. The minimum atomic E-state index is -4.14. The number of allylic oxidation sites excluding steroid dienone is 1. The van der Waals surface area contributed by atoms with Crippen LogP contribution in [0, 0.1) is 0 Å². The normalized spacial score (nSPS) is 14.4. The minimum Gasteiger partial charge on any atom is -0.436 e. The van der Waals surface area contributed by atoms with Crippen molar-refractivity contribution < 1.29 is 31.4 Å². The molecule has 0 spiro atoms. The molecule has 1 aliphatic heterocycles. The first-order valence-corrected chi connectivity index (χ1v) is 17.0. The van der Waals surface area contributed by atoms with Gasteiger partial charge >= 0.3 is 5.63 Å². The third-order valence-corrected chi connectivity index (χ3v) is 9.07. The molecule has 0 aliphatic carbocycles.